The lowest BCUT2D eigenvalue weighted by Gasteiger charge is -2.43. The van der Waals surface area contributed by atoms with Crippen molar-refractivity contribution >= 4 is 34.2 Å². The van der Waals surface area contributed by atoms with Crippen molar-refractivity contribution in [3.63, 3.8) is 0 Å². The van der Waals surface area contributed by atoms with Gasteiger partial charge in [-0.1, -0.05) is 30.3 Å². The number of carbonyl (C=O) groups excluding carboxylic acids is 3. The molecule has 1 N–H and O–H groups in total. The molecule has 37 heavy (non-hydrogen) atoms. The molecule has 2 bridgehead atoms. The van der Waals surface area contributed by atoms with Crippen LogP contribution in [0, 0.1) is 0 Å². The summed E-state index contributed by atoms with van der Waals surface area (Å²) >= 11 is 1.37. The van der Waals surface area contributed by atoms with Gasteiger partial charge in [0.05, 0.1) is 5.56 Å². The van der Waals surface area contributed by atoms with Gasteiger partial charge in [-0.25, -0.2) is 9.59 Å². The highest BCUT2D eigenvalue weighted by molar-refractivity contribution is 7.17. The quantitative estimate of drug-likeness (QED) is 0.399. The Morgan fingerprint density at radius 2 is 1.68 bits per heavy atom. The number of anilines is 1. The van der Waals surface area contributed by atoms with E-state index in [1.54, 1.807) is 20.8 Å². The smallest absolute Gasteiger partial charge is 0.397 e. The van der Waals surface area contributed by atoms with Crippen LogP contribution in [0.4, 0.5) is 5.00 Å². The fraction of sp³-hybridized carbons (Fsp3) is 0.552. The number of hydrogen-bond acceptors (Lipinski definition) is 7. The number of carbonyl (C=O) groups is 3. The molecule has 1 saturated heterocycles. The molecule has 2 aliphatic heterocycles. The van der Waals surface area contributed by atoms with Gasteiger partial charge in [0.1, 0.15) is 16.2 Å². The van der Waals surface area contributed by atoms with E-state index in [-0.39, 0.29) is 5.92 Å². The van der Waals surface area contributed by atoms with Crippen molar-refractivity contribution in [2.75, 3.05) is 11.9 Å². The third kappa shape index (κ3) is 6.79. The summed E-state index contributed by atoms with van der Waals surface area (Å²) in [6.07, 6.45) is 4.14. The summed E-state index contributed by atoms with van der Waals surface area (Å²) in [5, 5.41) is 3.05. The largest absolute Gasteiger partial charge is 0.456 e. The second kappa shape index (κ2) is 10.6. The molecular weight excluding hydrogens is 488 g/mol. The van der Waals surface area contributed by atoms with Crippen LogP contribution < -0.4 is 5.32 Å². The normalized spacial score (nSPS) is 21.1. The summed E-state index contributed by atoms with van der Waals surface area (Å²) < 4.78 is 11.0. The molecule has 0 aliphatic carbocycles. The van der Waals surface area contributed by atoms with E-state index in [2.05, 4.69) is 34.5 Å². The van der Waals surface area contributed by atoms with E-state index in [0.717, 1.165) is 42.7 Å². The Bertz CT molecular complexity index is 1160. The Labute approximate surface area is 223 Å². The molecule has 7 nitrogen and oxygen atoms in total. The van der Waals surface area contributed by atoms with E-state index in [4.69, 9.17) is 9.47 Å². The van der Waals surface area contributed by atoms with Gasteiger partial charge in [-0.05, 0) is 84.3 Å². The van der Waals surface area contributed by atoms with Crippen LogP contribution in [0.15, 0.2) is 30.3 Å². The highest BCUT2D eigenvalue weighted by Crippen LogP contribution is 2.47. The minimum atomic E-state index is -0.975. The number of ether oxygens (including phenoxy) is 2. The van der Waals surface area contributed by atoms with E-state index < -0.39 is 29.0 Å². The molecule has 2 aliphatic rings. The molecule has 3 unspecified atom stereocenters. The number of fused-ring (bicyclic) bond motifs is 4. The number of nitrogens with zero attached hydrogens (tertiary/aromatic N) is 1. The SMILES string of the molecule is CC(C)(C)OC(=O)C(=O)Nc1sc2c(c1C(=O)OC(C)(C)C)C1CCC(CCc3ccccc3)N(C2)C1. The highest BCUT2D eigenvalue weighted by Gasteiger charge is 2.41. The van der Waals surface area contributed by atoms with Gasteiger partial charge in [0.2, 0.25) is 0 Å². The highest BCUT2D eigenvalue weighted by atomic mass is 32.1. The van der Waals surface area contributed by atoms with E-state index in [1.807, 2.05) is 26.8 Å². The van der Waals surface area contributed by atoms with Gasteiger partial charge in [-0.2, -0.15) is 0 Å². The van der Waals surface area contributed by atoms with Crippen LogP contribution in [0.2, 0.25) is 0 Å². The second-order valence-corrected chi connectivity index (χ2v) is 13.1. The zero-order chi connectivity index (χ0) is 27.0. The molecule has 2 aromatic rings. The van der Waals surface area contributed by atoms with E-state index in [0.29, 0.717) is 23.2 Å². The topological polar surface area (TPSA) is 84.9 Å². The zero-order valence-corrected chi connectivity index (χ0v) is 23.5. The minimum Gasteiger partial charge on any atom is -0.456 e. The average Bonchev–Trinajstić information content (AvgIpc) is 3.15. The zero-order valence-electron chi connectivity index (χ0n) is 22.7. The molecule has 3 atom stereocenters. The third-order valence-electron chi connectivity index (χ3n) is 6.62. The van der Waals surface area contributed by atoms with Crippen molar-refractivity contribution in [2.45, 2.75) is 96.9 Å². The maximum absolute atomic E-state index is 13.4. The average molecular weight is 527 g/mol. The predicted molar refractivity (Wildman–Crippen MR) is 145 cm³/mol. The summed E-state index contributed by atoms with van der Waals surface area (Å²) in [5.74, 6) is -2.15. The van der Waals surface area contributed by atoms with Crippen LogP contribution in [-0.2, 0) is 32.0 Å². The number of nitrogens with one attached hydrogen (secondary N) is 1. The van der Waals surface area contributed by atoms with E-state index in [1.165, 1.54) is 16.9 Å². The lowest BCUT2D eigenvalue weighted by molar-refractivity contribution is -0.161. The Kier molecular flexibility index (Phi) is 7.81. The standard InChI is InChI=1S/C29H38N2O5S/c1-28(2,3)35-26(33)23-22-19-13-15-20(14-12-18-10-8-7-9-11-18)31(16-19)17-21(22)37-25(23)30-24(32)27(34)36-29(4,5)6/h7-11,19-20H,12-17H2,1-6H3,(H,30,32). The predicted octanol–water partition coefficient (Wildman–Crippen LogP) is 5.68. The third-order valence-corrected chi connectivity index (χ3v) is 7.73. The van der Waals surface area contributed by atoms with Crippen LogP contribution in [-0.4, -0.2) is 46.5 Å². The van der Waals surface area contributed by atoms with Crippen LogP contribution in [0.25, 0.3) is 0 Å². The summed E-state index contributed by atoms with van der Waals surface area (Å²) in [4.78, 5) is 42.0. The van der Waals surface area contributed by atoms with Crippen LogP contribution in [0.1, 0.15) is 93.1 Å². The number of aryl methyl sites for hydroxylation is 1. The number of benzene rings is 1. The van der Waals surface area contributed by atoms with Crippen LogP contribution in [0.3, 0.4) is 0 Å². The van der Waals surface area contributed by atoms with Gasteiger partial charge in [-0.15, -0.1) is 11.3 Å². The Hall–Kier alpha value is -2.71. The number of piperidine rings is 1. The first-order chi connectivity index (χ1) is 17.3. The van der Waals surface area contributed by atoms with E-state index in [9.17, 15) is 14.4 Å². The molecule has 1 amide bonds. The molecule has 0 saturated carbocycles. The first-order valence-corrected chi connectivity index (χ1v) is 13.8. The van der Waals surface area contributed by atoms with Gasteiger partial charge >= 0.3 is 17.8 Å². The lowest BCUT2D eigenvalue weighted by Crippen LogP contribution is -2.45. The Balaban J connectivity index is 1.59. The van der Waals surface area contributed by atoms with Crippen LogP contribution >= 0.6 is 11.3 Å². The maximum atomic E-state index is 13.4. The molecule has 8 heteroatoms. The fourth-order valence-electron chi connectivity index (χ4n) is 5.16. The molecular formula is C29H38N2O5S. The number of esters is 2. The second-order valence-electron chi connectivity index (χ2n) is 12.0. The van der Waals surface area contributed by atoms with Crippen molar-refractivity contribution in [3.8, 4) is 0 Å². The van der Waals surface area contributed by atoms with Crippen molar-refractivity contribution in [3.05, 3.63) is 51.9 Å². The Morgan fingerprint density at radius 3 is 2.32 bits per heavy atom. The minimum absolute atomic E-state index is 0.183. The Morgan fingerprint density at radius 1 is 1.00 bits per heavy atom. The number of thiophene rings is 1. The van der Waals surface area contributed by atoms with Gasteiger partial charge in [0.15, 0.2) is 0 Å². The van der Waals surface area contributed by atoms with Crippen molar-refractivity contribution in [2.24, 2.45) is 0 Å². The lowest BCUT2D eigenvalue weighted by atomic mass is 9.81. The van der Waals surface area contributed by atoms with Gasteiger partial charge in [0, 0.05) is 24.0 Å². The van der Waals surface area contributed by atoms with Gasteiger partial charge in [0.25, 0.3) is 0 Å². The van der Waals surface area contributed by atoms with Crippen molar-refractivity contribution in [1.82, 2.24) is 4.90 Å². The number of rotatable bonds is 5. The molecule has 0 radical (unpaired) electrons. The molecule has 1 aromatic carbocycles. The first kappa shape index (κ1) is 27.3. The summed E-state index contributed by atoms with van der Waals surface area (Å²) in [5.41, 5.74) is 1.22. The van der Waals surface area contributed by atoms with E-state index >= 15 is 0 Å². The first-order valence-electron chi connectivity index (χ1n) is 13.0. The summed E-state index contributed by atoms with van der Waals surface area (Å²) in [7, 11) is 0. The fourth-order valence-corrected chi connectivity index (χ4v) is 6.45. The molecule has 4 rings (SSSR count). The van der Waals surface area contributed by atoms with Gasteiger partial charge in [-0.3, -0.25) is 9.69 Å². The van der Waals surface area contributed by atoms with Crippen molar-refractivity contribution < 1.29 is 23.9 Å². The molecule has 200 valence electrons. The molecule has 1 fully saturated rings. The molecule has 3 heterocycles. The van der Waals surface area contributed by atoms with Crippen LogP contribution in [0.5, 0.6) is 0 Å². The maximum Gasteiger partial charge on any atom is 0.397 e. The van der Waals surface area contributed by atoms with Crippen molar-refractivity contribution in [1.29, 1.82) is 0 Å². The monoisotopic (exact) mass is 526 g/mol. The van der Waals surface area contributed by atoms with Gasteiger partial charge < -0.3 is 14.8 Å². The summed E-state index contributed by atoms with van der Waals surface area (Å²) in [6.45, 7) is 12.2. The molecule has 1 aromatic heterocycles. The molecule has 0 spiro atoms. The summed E-state index contributed by atoms with van der Waals surface area (Å²) in [6, 6.07) is 11.0. The number of amides is 1. The number of hydrogen-bond donors (Lipinski definition) is 1.